The number of carboxylic acid groups (broad SMARTS) is 1. The van der Waals surface area contributed by atoms with E-state index in [-0.39, 0.29) is 11.2 Å². The number of thioether (sulfide) groups is 1. The second-order valence-electron chi connectivity index (χ2n) is 8.76. The molecular weight excluding hydrogens is 410 g/mol. The third-order valence-corrected chi connectivity index (χ3v) is 6.29. The van der Waals surface area contributed by atoms with Gasteiger partial charge in [0.25, 0.3) is 0 Å². The molecule has 0 saturated carbocycles. The molecule has 0 aliphatic heterocycles. The SMILES string of the molecule is CC(=O)N[C@@H](CSC(O)C=C(C)C=CC=C(C)C=CC1=C(C)CCCC1(C)C)C(=O)O. The maximum absolute atomic E-state index is 11.1. The van der Waals surface area contributed by atoms with Crippen molar-refractivity contribution in [3.63, 3.8) is 0 Å². The summed E-state index contributed by atoms with van der Waals surface area (Å²) in [6.07, 6.45) is 15.6. The fraction of sp³-hybridized carbons (Fsp3) is 0.520. The van der Waals surface area contributed by atoms with Crippen LogP contribution in [0.1, 0.15) is 60.8 Å². The Morgan fingerprint density at radius 1 is 1.19 bits per heavy atom. The van der Waals surface area contributed by atoms with Crippen LogP contribution in [0.4, 0.5) is 0 Å². The lowest BCUT2D eigenvalue weighted by molar-refractivity contribution is -0.140. The molecular formula is C25H37NO4S. The van der Waals surface area contributed by atoms with Crippen LogP contribution in [0.5, 0.6) is 0 Å². The Balaban J connectivity index is 2.65. The Morgan fingerprint density at radius 2 is 1.87 bits per heavy atom. The van der Waals surface area contributed by atoms with E-state index in [0.717, 1.165) is 22.9 Å². The molecule has 1 aliphatic carbocycles. The Bertz CT molecular complexity index is 802. The van der Waals surface area contributed by atoms with E-state index in [9.17, 15) is 14.7 Å². The molecule has 6 heteroatoms. The van der Waals surface area contributed by atoms with Gasteiger partial charge in [0.05, 0.1) is 0 Å². The van der Waals surface area contributed by atoms with E-state index >= 15 is 0 Å². The van der Waals surface area contributed by atoms with Crippen molar-refractivity contribution in [1.29, 1.82) is 0 Å². The smallest absolute Gasteiger partial charge is 0.327 e. The second kappa shape index (κ2) is 12.7. The molecule has 0 bridgehead atoms. The average Bonchev–Trinajstić information content (AvgIpc) is 2.63. The van der Waals surface area contributed by atoms with E-state index in [4.69, 9.17) is 5.11 Å². The van der Waals surface area contributed by atoms with Crippen LogP contribution in [0.15, 0.2) is 58.7 Å². The van der Waals surface area contributed by atoms with E-state index < -0.39 is 23.4 Å². The number of nitrogens with one attached hydrogen (secondary N) is 1. The summed E-state index contributed by atoms with van der Waals surface area (Å²) in [6, 6.07) is -1.02. The summed E-state index contributed by atoms with van der Waals surface area (Å²) in [7, 11) is 0. The van der Waals surface area contributed by atoms with Crippen molar-refractivity contribution >= 4 is 23.6 Å². The van der Waals surface area contributed by atoms with Crippen LogP contribution in [-0.4, -0.2) is 39.3 Å². The van der Waals surface area contributed by atoms with Crippen molar-refractivity contribution in [3.8, 4) is 0 Å². The molecule has 0 aromatic rings. The quantitative estimate of drug-likeness (QED) is 0.318. The van der Waals surface area contributed by atoms with Crippen LogP contribution in [0.25, 0.3) is 0 Å². The summed E-state index contributed by atoms with van der Waals surface area (Å²) in [6.45, 7) is 12.0. The molecule has 3 N–H and O–H groups in total. The lowest BCUT2D eigenvalue weighted by atomic mass is 9.72. The number of aliphatic hydroxyl groups is 1. The Morgan fingerprint density at radius 3 is 2.45 bits per heavy atom. The summed E-state index contributed by atoms with van der Waals surface area (Å²) in [5, 5.41) is 21.6. The molecule has 0 saturated heterocycles. The fourth-order valence-electron chi connectivity index (χ4n) is 3.58. The maximum Gasteiger partial charge on any atom is 0.327 e. The predicted octanol–water partition coefficient (Wildman–Crippen LogP) is 5.16. The average molecular weight is 448 g/mol. The fourth-order valence-corrected chi connectivity index (χ4v) is 4.50. The summed E-state index contributed by atoms with van der Waals surface area (Å²) < 4.78 is 0. The number of allylic oxidation sites excluding steroid dienone is 9. The summed E-state index contributed by atoms with van der Waals surface area (Å²) >= 11 is 1.06. The Hall–Kier alpha value is -2.05. The van der Waals surface area contributed by atoms with Crippen LogP contribution in [0, 0.1) is 5.41 Å². The molecule has 2 atom stereocenters. The van der Waals surface area contributed by atoms with Crippen molar-refractivity contribution < 1.29 is 19.8 Å². The lowest BCUT2D eigenvalue weighted by Gasteiger charge is -2.32. The molecule has 1 unspecified atom stereocenters. The van der Waals surface area contributed by atoms with Crippen molar-refractivity contribution in [3.05, 3.63) is 58.7 Å². The first kappa shape index (κ1) is 27.0. The Labute approximate surface area is 191 Å². The van der Waals surface area contributed by atoms with Crippen LogP contribution >= 0.6 is 11.8 Å². The first-order chi connectivity index (χ1) is 14.4. The molecule has 1 aliphatic rings. The third-order valence-electron chi connectivity index (χ3n) is 5.29. The highest BCUT2D eigenvalue weighted by molar-refractivity contribution is 7.99. The minimum atomic E-state index is -1.12. The minimum absolute atomic E-state index is 0.0823. The maximum atomic E-state index is 11.1. The van der Waals surface area contributed by atoms with Crippen molar-refractivity contribution in [2.24, 2.45) is 5.41 Å². The van der Waals surface area contributed by atoms with Crippen LogP contribution in [-0.2, 0) is 9.59 Å². The van der Waals surface area contributed by atoms with Gasteiger partial charge in [-0.2, -0.15) is 0 Å². The summed E-state index contributed by atoms with van der Waals surface area (Å²) in [4.78, 5) is 22.2. The highest BCUT2D eigenvalue weighted by Crippen LogP contribution is 2.40. The van der Waals surface area contributed by atoms with E-state index in [0.29, 0.717) is 0 Å². The largest absolute Gasteiger partial charge is 0.480 e. The zero-order valence-corrected chi connectivity index (χ0v) is 20.4. The molecule has 172 valence electrons. The molecule has 1 amide bonds. The molecule has 0 aromatic carbocycles. The van der Waals surface area contributed by atoms with E-state index in [1.807, 2.05) is 25.2 Å². The van der Waals surface area contributed by atoms with Gasteiger partial charge in [0, 0.05) is 12.7 Å². The number of carboxylic acids is 1. The van der Waals surface area contributed by atoms with Crippen molar-refractivity contribution in [2.45, 2.75) is 72.3 Å². The molecule has 0 aromatic heterocycles. The molecule has 0 spiro atoms. The normalized spacial score (nSPS) is 19.7. The topological polar surface area (TPSA) is 86.6 Å². The third kappa shape index (κ3) is 10.2. The molecule has 5 nitrogen and oxygen atoms in total. The monoisotopic (exact) mass is 447 g/mol. The second-order valence-corrected chi connectivity index (χ2v) is 9.91. The highest BCUT2D eigenvalue weighted by Gasteiger charge is 2.26. The number of amides is 1. The van der Waals surface area contributed by atoms with E-state index in [1.165, 1.54) is 37.3 Å². The van der Waals surface area contributed by atoms with Gasteiger partial charge in [0.1, 0.15) is 11.5 Å². The molecule has 0 heterocycles. The number of aliphatic carboxylic acids is 1. The number of hydrogen-bond acceptors (Lipinski definition) is 4. The van der Waals surface area contributed by atoms with E-state index in [2.05, 4.69) is 45.2 Å². The molecule has 0 radical (unpaired) electrons. The van der Waals surface area contributed by atoms with Crippen molar-refractivity contribution in [2.75, 3.05) is 5.75 Å². The van der Waals surface area contributed by atoms with Gasteiger partial charge < -0.3 is 15.5 Å². The zero-order chi connectivity index (χ0) is 23.6. The molecule has 31 heavy (non-hydrogen) atoms. The Kier molecular flexibility index (Phi) is 11.1. The van der Waals surface area contributed by atoms with Gasteiger partial charge in [-0.15, -0.1) is 11.8 Å². The number of hydrogen-bond donors (Lipinski definition) is 3. The van der Waals surface area contributed by atoms with Gasteiger partial charge in [-0.1, -0.05) is 60.9 Å². The van der Waals surface area contributed by atoms with Crippen LogP contribution in [0.2, 0.25) is 0 Å². The number of rotatable bonds is 10. The van der Waals surface area contributed by atoms with Gasteiger partial charge in [-0.3, -0.25) is 4.79 Å². The standard InChI is InChI=1S/C25H37NO4S/c1-17(12-13-21-19(3)11-8-14-25(21,5)6)9-7-10-18(2)15-23(28)31-16-22(24(29)30)26-20(4)27/h7,9-10,12-13,15,22-23,28H,8,11,14,16H2,1-6H3,(H,26,27)(H,29,30)/t22-,23?/m0/s1. The van der Waals surface area contributed by atoms with Crippen LogP contribution < -0.4 is 5.32 Å². The first-order valence-corrected chi connectivity index (χ1v) is 11.7. The first-order valence-electron chi connectivity index (χ1n) is 10.6. The highest BCUT2D eigenvalue weighted by atomic mass is 32.2. The number of carbonyl (C=O) groups excluding carboxylic acids is 1. The zero-order valence-electron chi connectivity index (χ0n) is 19.6. The summed E-state index contributed by atoms with van der Waals surface area (Å²) in [5.74, 6) is -1.45. The van der Waals surface area contributed by atoms with Gasteiger partial charge in [-0.05, 0) is 57.1 Å². The number of aliphatic hydroxyl groups excluding tert-OH is 1. The predicted molar refractivity (Wildman–Crippen MR) is 130 cm³/mol. The molecule has 1 rings (SSSR count). The van der Waals surface area contributed by atoms with Crippen molar-refractivity contribution in [1.82, 2.24) is 5.32 Å². The summed E-state index contributed by atoms with van der Waals surface area (Å²) in [5.41, 5.74) is 4.29. The molecule has 0 fully saturated rings. The van der Waals surface area contributed by atoms with Gasteiger partial charge in [0.2, 0.25) is 5.91 Å². The van der Waals surface area contributed by atoms with Gasteiger partial charge in [-0.25, -0.2) is 4.79 Å². The van der Waals surface area contributed by atoms with Gasteiger partial charge in [0.15, 0.2) is 0 Å². The number of carbonyl (C=O) groups is 2. The van der Waals surface area contributed by atoms with E-state index in [1.54, 1.807) is 6.08 Å². The minimum Gasteiger partial charge on any atom is -0.480 e. The van der Waals surface area contributed by atoms with Crippen LogP contribution in [0.3, 0.4) is 0 Å². The van der Waals surface area contributed by atoms with Gasteiger partial charge >= 0.3 is 5.97 Å². The lowest BCUT2D eigenvalue weighted by Crippen LogP contribution is -2.41.